The zero-order chi connectivity index (χ0) is 21.8. The number of rotatable bonds is 6. The van der Waals surface area contributed by atoms with Crippen molar-refractivity contribution in [3.63, 3.8) is 0 Å². The van der Waals surface area contributed by atoms with Gasteiger partial charge < -0.3 is 10.1 Å². The summed E-state index contributed by atoms with van der Waals surface area (Å²) in [7, 11) is -2.61. The second-order valence-corrected chi connectivity index (χ2v) is 9.86. The summed E-state index contributed by atoms with van der Waals surface area (Å²) in [5.74, 6) is -0.111. The summed E-state index contributed by atoms with van der Waals surface area (Å²) in [4.78, 5) is 24.4. The highest BCUT2D eigenvalue weighted by Gasteiger charge is 2.30. The van der Waals surface area contributed by atoms with Crippen molar-refractivity contribution in [1.29, 1.82) is 0 Å². The largest absolute Gasteiger partial charge is 0.490 e. The molecule has 1 aromatic carbocycles. The maximum Gasteiger partial charge on any atom is 0.312 e. The van der Waals surface area contributed by atoms with Gasteiger partial charge in [-0.25, -0.2) is 8.42 Å². The fourth-order valence-electron chi connectivity index (χ4n) is 3.13. The van der Waals surface area contributed by atoms with Crippen LogP contribution in [0.4, 0.5) is 5.69 Å². The topological polar surface area (TPSA) is 122 Å². The van der Waals surface area contributed by atoms with Crippen molar-refractivity contribution >= 4 is 21.6 Å². The Balaban J connectivity index is 2.12. The molecule has 0 unspecified atom stereocenters. The molecule has 0 radical (unpaired) electrons. The molecule has 10 nitrogen and oxygen atoms in total. The molecule has 1 aromatic rings. The number of nitrogens with one attached hydrogen (secondary N) is 1. The zero-order valence-corrected chi connectivity index (χ0v) is 18.0. The molecule has 1 N–H and O–H groups in total. The lowest BCUT2D eigenvalue weighted by atomic mass is 10.1. The lowest BCUT2D eigenvalue weighted by Crippen LogP contribution is -2.46. The minimum atomic E-state index is -3.90. The van der Waals surface area contributed by atoms with Gasteiger partial charge in [0.25, 0.3) is 0 Å². The molecule has 0 aliphatic carbocycles. The third kappa shape index (κ3) is 6.12. The van der Waals surface area contributed by atoms with E-state index in [1.165, 1.54) is 23.5 Å². The van der Waals surface area contributed by atoms with E-state index < -0.39 is 20.6 Å². The molecule has 11 heteroatoms. The number of carbonyl (C=O) groups is 1. The second-order valence-electron chi connectivity index (χ2n) is 7.92. The first kappa shape index (κ1) is 23.0. The second kappa shape index (κ2) is 9.06. The van der Waals surface area contributed by atoms with Gasteiger partial charge in [0, 0.05) is 31.2 Å². The van der Waals surface area contributed by atoms with E-state index in [0.717, 1.165) is 6.07 Å². The lowest BCUT2D eigenvalue weighted by Gasteiger charge is -2.25. The Bertz CT molecular complexity index is 866. The van der Waals surface area contributed by atoms with E-state index >= 15 is 0 Å². The Labute approximate surface area is 171 Å². The van der Waals surface area contributed by atoms with Crippen molar-refractivity contribution in [2.24, 2.45) is 0 Å². The third-order valence-electron chi connectivity index (χ3n) is 4.41. The number of methoxy groups -OCH3 is 1. The number of ether oxygens (including phenoxy) is 1. The fourth-order valence-corrected chi connectivity index (χ4v) is 4.62. The van der Waals surface area contributed by atoms with Crippen molar-refractivity contribution in [2.75, 3.05) is 39.8 Å². The first-order valence-electron chi connectivity index (χ1n) is 9.30. The first-order chi connectivity index (χ1) is 13.4. The van der Waals surface area contributed by atoms with Gasteiger partial charge in [-0.05, 0) is 45.9 Å². The maximum atomic E-state index is 13.0. The van der Waals surface area contributed by atoms with Crippen LogP contribution in [0.3, 0.4) is 0 Å². The number of benzene rings is 1. The predicted octanol–water partition coefficient (Wildman–Crippen LogP) is 1.21. The molecular weight excluding hydrogens is 400 g/mol. The number of hydrogen-bond donors (Lipinski definition) is 1. The van der Waals surface area contributed by atoms with E-state index in [1.54, 1.807) is 0 Å². The maximum absolute atomic E-state index is 13.0. The molecule has 29 heavy (non-hydrogen) atoms. The van der Waals surface area contributed by atoms with Crippen LogP contribution in [0.2, 0.25) is 0 Å². The van der Waals surface area contributed by atoms with Gasteiger partial charge in [-0.3, -0.25) is 19.8 Å². The molecule has 0 spiro atoms. The third-order valence-corrected chi connectivity index (χ3v) is 6.31. The van der Waals surface area contributed by atoms with Gasteiger partial charge in [0.1, 0.15) is 0 Å². The van der Waals surface area contributed by atoms with Crippen LogP contribution in [0.15, 0.2) is 23.1 Å². The average molecular weight is 429 g/mol. The number of nitrogens with zero attached hydrogens (tertiary/aromatic N) is 3. The average Bonchev–Trinajstić information content (AvgIpc) is 2.85. The molecule has 0 saturated carbocycles. The molecule has 0 bridgehead atoms. The Morgan fingerprint density at radius 1 is 1.24 bits per heavy atom. The molecule has 1 saturated heterocycles. The van der Waals surface area contributed by atoms with E-state index in [1.807, 2.05) is 25.7 Å². The van der Waals surface area contributed by atoms with Crippen LogP contribution < -0.4 is 10.1 Å². The highest BCUT2D eigenvalue weighted by atomic mass is 32.2. The van der Waals surface area contributed by atoms with Crippen molar-refractivity contribution in [1.82, 2.24) is 14.5 Å². The first-order valence-corrected chi connectivity index (χ1v) is 10.7. The minimum absolute atomic E-state index is 0.000789. The van der Waals surface area contributed by atoms with Crippen molar-refractivity contribution in [3.8, 4) is 5.75 Å². The van der Waals surface area contributed by atoms with Gasteiger partial charge in [0.05, 0.1) is 23.5 Å². The number of hydrogen-bond acceptors (Lipinski definition) is 7. The molecule has 1 aliphatic heterocycles. The van der Waals surface area contributed by atoms with Crippen LogP contribution >= 0.6 is 0 Å². The van der Waals surface area contributed by atoms with E-state index in [2.05, 4.69) is 5.32 Å². The molecule has 0 atom stereocenters. The van der Waals surface area contributed by atoms with Gasteiger partial charge in [0.15, 0.2) is 5.75 Å². The van der Waals surface area contributed by atoms with Crippen molar-refractivity contribution in [3.05, 3.63) is 28.3 Å². The Morgan fingerprint density at radius 3 is 2.52 bits per heavy atom. The minimum Gasteiger partial charge on any atom is -0.490 e. The molecule has 1 heterocycles. The van der Waals surface area contributed by atoms with Gasteiger partial charge in [-0.1, -0.05) is 0 Å². The number of sulfonamides is 1. The summed E-state index contributed by atoms with van der Waals surface area (Å²) in [5.41, 5.74) is -0.731. The van der Waals surface area contributed by atoms with Crippen LogP contribution in [0.25, 0.3) is 0 Å². The highest BCUT2D eigenvalue weighted by Crippen LogP contribution is 2.30. The summed E-state index contributed by atoms with van der Waals surface area (Å²) in [5, 5.41) is 14.1. The van der Waals surface area contributed by atoms with Crippen molar-refractivity contribution < 1.29 is 22.9 Å². The normalized spacial score (nSPS) is 16.8. The Hall–Kier alpha value is -2.24. The Morgan fingerprint density at radius 2 is 1.93 bits per heavy atom. The van der Waals surface area contributed by atoms with Gasteiger partial charge in [-0.2, -0.15) is 4.31 Å². The van der Waals surface area contributed by atoms with Gasteiger partial charge >= 0.3 is 5.69 Å². The number of nitro benzene ring substituents is 1. The highest BCUT2D eigenvalue weighted by molar-refractivity contribution is 7.89. The van der Waals surface area contributed by atoms with Crippen LogP contribution in [-0.4, -0.2) is 73.8 Å². The fraction of sp³-hybridized carbons (Fsp3) is 0.611. The van der Waals surface area contributed by atoms with E-state index in [0.29, 0.717) is 19.5 Å². The summed E-state index contributed by atoms with van der Waals surface area (Å²) < 4.78 is 32.2. The molecule has 0 aromatic heterocycles. The molecule has 2 rings (SSSR count). The predicted molar refractivity (Wildman–Crippen MR) is 107 cm³/mol. The molecule has 1 fully saturated rings. The summed E-state index contributed by atoms with van der Waals surface area (Å²) in [6, 6.07) is 3.61. The van der Waals surface area contributed by atoms with Crippen LogP contribution in [0, 0.1) is 10.1 Å². The molecule has 1 aliphatic rings. The van der Waals surface area contributed by atoms with E-state index in [9.17, 15) is 23.3 Å². The lowest BCUT2D eigenvalue weighted by molar-refractivity contribution is -0.386. The van der Waals surface area contributed by atoms with E-state index in [4.69, 9.17) is 4.74 Å². The monoisotopic (exact) mass is 428 g/mol. The smallest absolute Gasteiger partial charge is 0.312 e. The van der Waals surface area contributed by atoms with Crippen LogP contribution in [-0.2, 0) is 14.8 Å². The van der Waals surface area contributed by atoms with E-state index in [-0.39, 0.29) is 41.7 Å². The van der Waals surface area contributed by atoms with Gasteiger partial charge in [0.2, 0.25) is 15.9 Å². The van der Waals surface area contributed by atoms with Gasteiger partial charge in [-0.15, -0.1) is 0 Å². The standard InChI is InChI=1S/C18H28N4O6S/c1-18(2,3)19-17(23)13-20-8-5-9-21(11-10-20)29(26,27)14-6-7-16(28-4)15(12-14)22(24)25/h6-7,12H,5,8-11,13H2,1-4H3,(H,19,23). The number of amides is 1. The molecule has 162 valence electrons. The zero-order valence-electron chi connectivity index (χ0n) is 17.2. The molecular formula is C18H28N4O6S. The van der Waals surface area contributed by atoms with Crippen molar-refractivity contribution in [2.45, 2.75) is 37.6 Å². The van der Waals surface area contributed by atoms with Crippen LogP contribution in [0.1, 0.15) is 27.2 Å². The number of nitro groups is 1. The summed E-state index contributed by atoms with van der Waals surface area (Å²) >= 11 is 0. The van der Waals surface area contributed by atoms with Crippen LogP contribution in [0.5, 0.6) is 5.75 Å². The summed E-state index contributed by atoms with van der Waals surface area (Å²) in [6.45, 7) is 7.35. The number of carbonyl (C=O) groups excluding carboxylic acids is 1. The summed E-state index contributed by atoms with van der Waals surface area (Å²) in [6.07, 6.45) is 0.556. The quantitative estimate of drug-likeness (QED) is 0.534. The SMILES string of the molecule is COc1ccc(S(=O)(=O)N2CCCN(CC(=O)NC(C)(C)C)CC2)cc1[N+](=O)[O-]. The Kier molecular flexibility index (Phi) is 7.20. The molecule has 1 amide bonds.